The van der Waals surface area contributed by atoms with Crippen LogP contribution in [-0.4, -0.2) is 23.2 Å². The average molecular weight is 541 g/mol. The Kier molecular flexibility index (Phi) is 6.61. The molecule has 0 fully saturated rings. The van der Waals surface area contributed by atoms with Gasteiger partial charge in [-0.05, 0) is 0 Å². The van der Waals surface area contributed by atoms with Gasteiger partial charge >= 0.3 is 176 Å². The first-order valence-electron chi connectivity index (χ1n) is 8.13. The molecule has 2 aromatic rings. The Morgan fingerprint density at radius 3 is 2.28 bits per heavy atom. The fourth-order valence-electron chi connectivity index (χ4n) is 2.88. The van der Waals surface area contributed by atoms with Gasteiger partial charge in [0, 0.05) is 0 Å². The molecule has 1 atom stereocenters. The van der Waals surface area contributed by atoms with Gasteiger partial charge in [-0.15, -0.1) is 0 Å². The van der Waals surface area contributed by atoms with Crippen LogP contribution in [0.4, 0.5) is 27.6 Å². The van der Waals surface area contributed by atoms with Crippen LogP contribution in [-0.2, 0) is 13.5 Å². The second-order valence-electron chi connectivity index (χ2n) is 6.01. The van der Waals surface area contributed by atoms with Crippen LogP contribution in [0.3, 0.4) is 0 Å². The molecule has 1 amide bonds. The first-order chi connectivity index (χ1) is 13.7. The van der Waals surface area contributed by atoms with Crippen LogP contribution >= 0.6 is 19.4 Å². The molecule has 0 saturated heterocycles. The summed E-state index contributed by atoms with van der Waals surface area (Å²) in [6, 6.07) is 4.59. The molecule has 11 heteroatoms. The molecule has 1 unspecified atom stereocenters. The van der Waals surface area contributed by atoms with E-state index in [1.165, 1.54) is 12.1 Å². The van der Waals surface area contributed by atoms with Crippen LogP contribution in [0.15, 0.2) is 18.2 Å². The number of anilines is 1. The second-order valence-corrected chi connectivity index (χ2v) is 11.7. The fourth-order valence-corrected chi connectivity index (χ4v) is 4.67. The minimum atomic E-state index is -2.33. The van der Waals surface area contributed by atoms with E-state index in [4.69, 9.17) is 24.1 Å². The van der Waals surface area contributed by atoms with Crippen LogP contribution in [0.1, 0.15) is 29.3 Å². The van der Waals surface area contributed by atoms with Crippen LogP contribution in [0.2, 0.25) is 0 Å². The van der Waals surface area contributed by atoms with Gasteiger partial charge in [-0.2, -0.15) is 0 Å². The van der Waals surface area contributed by atoms with Crippen LogP contribution in [0.5, 0.6) is 5.75 Å². The predicted octanol–water partition coefficient (Wildman–Crippen LogP) is 5.28. The molecule has 0 radical (unpaired) electrons. The number of halogens is 7. The van der Waals surface area contributed by atoms with E-state index in [1.54, 1.807) is 17.6 Å². The second kappa shape index (κ2) is 8.66. The summed E-state index contributed by atoms with van der Waals surface area (Å²) in [7, 11) is 11.8. The van der Waals surface area contributed by atoms with Crippen molar-refractivity contribution in [3.8, 4) is 5.75 Å². The number of para-hydroxylation sites is 1. The van der Waals surface area contributed by atoms with Crippen molar-refractivity contribution in [2.75, 3.05) is 11.4 Å². The van der Waals surface area contributed by atoms with Gasteiger partial charge in [-0.1, -0.05) is 0 Å². The topological polar surface area (TPSA) is 29.5 Å². The number of carbonyl (C=O) groups excluding carboxylic acids is 1. The zero-order valence-electron chi connectivity index (χ0n) is 14.6. The van der Waals surface area contributed by atoms with Crippen molar-refractivity contribution in [1.82, 2.24) is 0 Å². The molecule has 29 heavy (non-hydrogen) atoms. The van der Waals surface area contributed by atoms with Crippen molar-refractivity contribution in [2.45, 2.75) is 19.4 Å². The number of ether oxygens (including phenoxy) is 1. The van der Waals surface area contributed by atoms with Gasteiger partial charge in [-0.3, -0.25) is 0 Å². The van der Waals surface area contributed by atoms with Gasteiger partial charge in [0.1, 0.15) is 0 Å². The molecule has 2 aromatic carbocycles. The molecule has 158 valence electrons. The molecule has 0 spiro atoms. The Morgan fingerprint density at radius 1 is 1.14 bits per heavy atom. The number of hydrogen-bond donors (Lipinski definition) is 0. The van der Waals surface area contributed by atoms with E-state index >= 15 is 0 Å². The standard InChI is InChI=1S/C18H12F5NO2.2ClH.Ru/c1-3-9-7-24(10-6-4-5-8(2)17(10)26-9)18(25)11-12(19)14(21)16(23)15(22)13(11)20;;;/h2,4-6,9H,3,7H2,1H3;2*1H;/q;;;+2/p-2. The first-order valence-corrected chi connectivity index (χ1v) is 13.6. The van der Waals surface area contributed by atoms with Crippen molar-refractivity contribution >= 4 is 35.6 Å². The van der Waals surface area contributed by atoms with Crippen molar-refractivity contribution in [3.05, 3.63) is 58.4 Å². The van der Waals surface area contributed by atoms with Crippen molar-refractivity contribution in [2.24, 2.45) is 0 Å². The summed E-state index contributed by atoms with van der Waals surface area (Å²) in [4.78, 5) is 13.8. The monoisotopic (exact) mass is 541 g/mol. The maximum absolute atomic E-state index is 14.2. The number of carbonyl (C=O) groups is 1. The third-order valence-corrected chi connectivity index (χ3v) is 6.13. The molecule has 0 N–H and O–H groups in total. The van der Waals surface area contributed by atoms with Crippen molar-refractivity contribution in [3.63, 3.8) is 0 Å². The maximum atomic E-state index is 14.2. The summed E-state index contributed by atoms with van der Waals surface area (Å²) in [6.45, 7) is 1.61. The first kappa shape index (κ1) is 22.1. The zero-order chi connectivity index (χ0) is 21.5. The van der Waals surface area contributed by atoms with Gasteiger partial charge in [0.15, 0.2) is 0 Å². The molecular formula is C18H12Cl2F5NO2Ru. The van der Waals surface area contributed by atoms with Crippen molar-refractivity contribution < 1.29 is 45.0 Å². The Hall–Kier alpha value is -1.57. The normalized spacial score (nSPS) is 16.2. The summed E-state index contributed by atoms with van der Waals surface area (Å²) >= 11 is -2.28. The predicted molar refractivity (Wildman–Crippen MR) is 95.9 cm³/mol. The van der Waals surface area contributed by atoms with Gasteiger partial charge < -0.3 is 0 Å². The molecule has 3 nitrogen and oxygen atoms in total. The Bertz CT molecular complexity index is 1000. The SMILES string of the molecule is CCC1CN(C(=O)c2c(F)c(F)c(F)c(F)c2F)c2cccc([CH]=[Ru]([Cl])[Cl])c2O1. The van der Waals surface area contributed by atoms with Gasteiger partial charge in [-0.25, -0.2) is 0 Å². The average Bonchev–Trinajstić information content (AvgIpc) is 2.70. The molecule has 0 saturated carbocycles. The molecule has 3 rings (SSSR count). The van der Waals surface area contributed by atoms with Crippen LogP contribution in [0, 0.1) is 29.1 Å². The van der Waals surface area contributed by atoms with Gasteiger partial charge in [0.25, 0.3) is 0 Å². The van der Waals surface area contributed by atoms with E-state index in [-0.39, 0.29) is 18.0 Å². The Morgan fingerprint density at radius 2 is 1.72 bits per heavy atom. The summed E-state index contributed by atoms with van der Waals surface area (Å²) in [6.07, 6.45) is -0.161. The quantitative estimate of drug-likeness (QED) is 0.229. The van der Waals surface area contributed by atoms with Crippen LogP contribution in [0.25, 0.3) is 0 Å². The number of hydrogen-bond acceptors (Lipinski definition) is 2. The van der Waals surface area contributed by atoms with E-state index in [0.717, 1.165) is 4.90 Å². The Labute approximate surface area is 175 Å². The molecule has 0 bridgehead atoms. The summed E-state index contributed by atoms with van der Waals surface area (Å²) in [5.74, 6) is -12.3. The third kappa shape index (κ3) is 4.05. The summed E-state index contributed by atoms with van der Waals surface area (Å²) in [5.41, 5.74) is -0.943. The zero-order valence-corrected chi connectivity index (χ0v) is 17.8. The number of benzene rings is 2. The number of rotatable bonds is 3. The number of nitrogens with zero attached hydrogens (tertiary/aromatic N) is 1. The van der Waals surface area contributed by atoms with E-state index in [1.807, 2.05) is 0 Å². The summed E-state index contributed by atoms with van der Waals surface area (Å²) < 4.78 is 76.3. The molecule has 0 aliphatic carbocycles. The third-order valence-electron chi connectivity index (χ3n) is 4.30. The van der Waals surface area contributed by atoms with Crippen molar-refractivity contribution in [1.29, 1.82) is 0 Å². The Balaban J connectivity index is 2.19. The summed E-state index contributed by atoms with van der Waals surface area (Å²) in [5, 5.41) is 0. The van der Waals surface area contributed by atoms with Gasteiger partial charge in [0.2, 0.25) is 0 Å². The molecular weight excluding hydrogens is 529 g/mol. The van der Waals surface area contributed by atoms with E-state index in [2.05, 4.69) is 0 Å². The number of fused-ring (bicyclic) bond motifs is 1. The van der Waals surface area contributed by atoms with E-state index in [0.29, 0.717) is 12.0 Å². The van der Waals surface area contributed by atoms with E-state index in [9.17, 15) is 26.7 Å². The molecule has 1 heterocycles. The number of amides is 1. The minimum absolute atomic E-state index is 0.112. The molecule has 0 aromatic heterocycles. The van der Waals surface area contributed by atoms with Crippen LogP contribution < -0.4 is 9.64 Å². The molecule has 1 aliphatic rings. The molecule has 1 aliphatic heterocycles. The van der Waals surface area contributed by atoms with E-state index < -0.39 is 60.2 Å². The fraction of sp³-hybridized carbons (Fsp3) is 0.222. The van der Waals surface area contributed by atoms with Gasteiger partial charge in [0.05, 0.1) is 0 Å².